The molecule has 1 fully saturated rings. The molecule has 2 N–H and O–H groups in total. The molecule has 1 atom stereocenters. The first kappa shape index (κ1) is 12.2. The SMILES string of the molecule is NC1CCN(c2c(Cl)cc(Br)cc2Cl)C1=O. The molecule has 2 rings (SSSR count). The van der Waals surface area contributed by atoms with Crippen molar-refractivity contribution in [3.63, 3.8) is 0 Å². The zero-order chi connectivity index (χ0) is 11.9. The number of carbonyl (C=O) groups excluding carboxylic acids is 1. The molecule has 0 radical (unpaired) electrons. The van der Waals surface area contributed by atoms with E-state index in [1.807, 2.05) is 0 Å². The van der Waals surface area contributed by atoms with Gasteiger partial charge in [-0.15, -0.1) is 0 Å². The Hall–Kier alpha value is -0.290. The van der Waals surface area contributed by atoms with Crippen LogP contribution in [0.15, 0.2) is 16.6 Å². The van der Waals surface area contributed by atoms with Gasteiger partial charge in [-0.05, 0) is 18.6 Å². The molecule has 1 aliphatic rings. The number of rotatable bonds is 1. The molecule has 0 aliphatic carbocycles. The molecule has 1 unspecified atom stereocenters. The summed E-state index contributed by atoms with van der Waals surface area (Å²) in [6.45, 7) is 0.557. The second-order valence-electron chi connectivity index (χ2n) is 3.60. The largest absolute Gasteiger partial charge is 0.320 e. The number of hydrogen-bond donors (Lipinski definition) is 1. The predicted molar refractivity (Wildman–Crippen MR) is 69.1 cm³/mol. The zero-order valence-electron chi connectivity index (χ0n) is 8.21. The van der Waals surface area contributed by atoms with Crippen LogP contribution in [0.3, 0.4) is 0 Å². The van der Waals surface area contributed by atoms with Gasteiger partial charge in [-0.3, -0.25) is 4.79 Å². The maximum atomic E-state index is 11.8. The number of benzene rings is 1. The minimum Gasteiger partial charge on any atom is -0.320 e. The van der Waals surface area contributed by atoms with Crippen molar-refractivity contribution in [2.45, 2.75) is 12.5 Å². The molecule has 0 aromatic heterocycles. The summed E-state index contributed by atoms with van der Waals surface area (Å²) in [6, 6.07) is 2.97. The van der Waals surface area contributed by atoms with Gasteiger partial charge >= 0.3 is 0 Å². The van der Waals surface area contributed by atoms with Crippen LogP contribution in [-0.2, 0) is 4.79 Å². The molecule has 0 bridgehead atoms. The van der Waals surface area contributed by atoms with Crippen LogP contribution in [0.2, 0.25) is 10.0 Å². The van der Waals surface area contributed by atoms with Gasteiger partial charge in [0.15, 0.2) is 0 Å². The first-order chi connectivity index (χ1) is 7.50. The van der Waals surface area contributed by atoms with Crippen molar-refractivity contribution in [1.82, 2.24) is 0 Å². The van der Waals surface area contributed by atoms with Crippen LogP contribution in [0.5, 0.6) is 0 Å². The summed E-state index contributed by atoms with van der Waals surface area (Å²) in [5, 5.41) is 0.892. The quantitative estimate of drug-likeness (QED) is 0.863. The number of halogens is 3. The Bertz CT molecular complexity index is 429. The lowest BCUT2D eigenvalue weighted by Crippen LogP contribution is -2.34. The zero-order valence-corrected chi connectivity index (χ0v) is 11.3. The third-order valence-corrected chi connectivity index (χ3v) is 3.53. The fraction of sp³-hybridized carbons (Fsp3) is 0.300. The number of carbonyl (C=O) groups is 1. The van der Waals surface area contributed by atoms with Crippen LogP contribution in [0.1, 0.15) is 6.42 Å². The maximum absolute atomic E-state index is 11.8. The summed E-state index contributed by atoms with van der Waals surface area (Å²) in [7, 11) is 0. The van der Waals surface area contributed by atoms with E-state index >= 15 is 0 Å². The summed E-state index contributed by atoms with van der Waals surface area (Å²) in [5.41, 5.74) is 6.20. The summed E-state index contributed by atoms with van der Waals surface area (Å²) < 4.78 is 0.780. The van der Waals surface area contributed by atoms with Crippen molar-refractivity contribution in [3.8, 4) is 0 Å². The molecule has 0 saturated carbocycles. The van der Waals surface area contributed by atoms with E-state index < -0.39 is 6.04 Å². The minimum atomic E-state index is -0.448. The average Bonchev–Trinajstić information content (AvgIpc) is 2.48. The monoisotopic (exact) mass is 322 g/mol. The van der Waals surface area contributed by atoms with Crippen molar-refractivity contribution in [3.05, 3.63) is 26.7 Å². The first-order valence-electron chi connectivity index (χ1n) is 4.72. The summed E-state index contributed by atoms with van der Waals surface area (Å²) >= 11 is 15.4. The van der Waals surface area contributed by atoms with Crippen LogP contribution in [0.25, 0.3) is 0 Å². The molecule has 1 aromatic carbocycles. The minimum absolute atomic E-state index is 0.133. The second kappa shape index (κ2) is 4.53. The Kier molecular flexibility index (Phi) is 3.45. The van der Waals surface area contributed by atoms with Gasteiger partial charge in [0.1, 0.15) is 0 Å². The molecular formula is C10H9BrCl2N2O. The first-order valence-corrected chi connectivity index (χ1v) is 6.27. The van der Waals surface area contributed by atoms with Gasteiger partial charge in [0, 0.05) is 11.0 Å². The molecule has 1 saturated heterocycles. The number of amides is 1. The molecule has 0 spiro atoms. The molecule has 1 aromatic rings. The van der Waals surface area contributed by atoms with E-state index in [-0.39, 0.29) is 5.91 Å². The summed E-state index contributed by atoms with van der Waals surface area (Å²) in [5.74, 6) is -0.133. The number of nitrogens with zero attached hydrogens (tertiary/aromatic N) is 1. The van der Waals surface area contributed by atoms with E-state index in [1.54, 1.807) is 17.0 Å². The highest BCUT2D eigenvalue weighted by Crippen LogP contribution is 2.38. The molecule has 3 nitrogen and oxygen atoms in total. The van der Waals surface area contributed by atoms with Gasteiger partial charge in [0.25, 0.3) is 0 Å². The highest BCUT2D eigenvalue weighted by Gasteiger charge is 2.32. The van der Waals surface area contributed by atoms with E-state index in [2.05, 4.69) is 15.9 Å². The third-order valence-electron chi connectivity index (χ3n) is 2.50. The average molecular weight is 324 g/mol. The molecule has 16 heavy (non-hydrogen) atoms. The van der Waals surface area contributed by atoms with Crippen LogP contribution in [0, 0.1) is 0 Å². The lowest BCUT2D eigenvalue weighted by molar-refractivity contribution is -0.118. The molecular weight excluding hydrogens is 315 g/mol. The van der Waals surface area contributed by atoms with Crippen LogP contribution in [-0.4, -0.2) is 18.5 Å². The van der Waals surface area contributed by atoms with E-state index in [0.29, 0.717) is 28.7 Å². The number of nitrogens with two attached hydrogens (primary N) is 1. The Morgan fingerprint density at radius 1 is 1.38 bits per heavy atom. The predicted octanol–water partition coefficient (Wildman–Crippen LogP) is 2.82. The Morgan fingerprint density at radius 3 is 2.38 bits per heavy atom. The van der Waals surface area contributed by atoms with Gasteiger partial charge in [-0.1, -0.05) is 39.1 Å². The van der Waals surface area contributed by atoms with Crippen molar-refractivity contribution in [2.24, 2.45) is 5.73 Å². The van der Waals surface area contributed by atoms with Crippen molar-refractivity contribution >= 4 is 50.7 Å². The van der Waals surface area contributed by atoms with Crippen LogP contribution < -0.4 is 10.6 Å². The van der Waals surface area contributed by atoms with Crippen molar-refractivity contribution < 1.29 is 4.79 Å². The molecule has 1 amide bonds. The van der Waals surface area contributed by atoms with Crippen LogP contribution >= 0.6 is 39.1 Å². The van der Waals surface area contributed by atoms with Gasteiger partial charge in [0.2, 0.25) is 5.91 Å². The van der Waals surface area contributed by atoms with Crippen molar-refractivity contribution in [1.29, 1.82) is 0 Å². The lowest BCUT2D eigenvalue weighted by atomic mass is 10.3. The topological polar surface area (TPSA) is 46.3 Å². The van der Waals surface area contributed by atoms with E-state index in [1.165, 1.54) is 0 Å². The van der Waals surface area contributed by atoms with Gasteiger partial charge < -0.3 is 10.6 Å². The van der Waals surface area contributed by atoms with Crippen molar-refractivity contribution in [2.75, 3.05) is 11.4 Å². The van der Waals surface area contributed by atoms with E-state index in [9.17, 15) is 4.79 Å². The second-order valence-corrected chi connectivity index (χ2v) is 5.33. The lowest BCUT2D eigenvalue weighted by Gasteiger charge is -2.19. The standard InChI is InChI=1S/C10H9BrCl2N2O/c11-5-3-6(12)9(7(13)4-5)15-2-1-8(14)10(15)16/h3-4,8H,1-2,14H2. The third kappa shape index (κ3) is 2.07. The van der Waals surface area contributed by atoms with E-state index in [0.717, 1.165) is 4.47 Å². The molecule has 6 heteroatoms. The number of anilines is 1. The highest BCUT2D eigenvalue weighted by atomic mass is 79.9. The fourth-order valence-corrected chi connectivity index (χ4v) is 3.13. The fourth-order valence-electron chi connectivity index (χ4n) is 1.72. The molecule has 1 aliphatic heterocycles. The molecule has 1 heterocycles. The Labute approximate surface area is 112 Å². The normalized spacial score (nSPS) is 20.6. The van der Waals surface area contributed by atoms with Crippen LogP contribution in [0.4, 0.5) is 5.69 Å². The Morgan fingerprint density at radius 2 is 1.94 bits per heavy atom. The smallest absolute Gasteiger partial charge is 0.244 e. The number of hydrogen-bond acceptors (Lipinski definition) is 2. The van der Waals surface area contributed by atoms with Gasteiger partial charge in [-0.2, -0.15) is 0 Å². The van der Waals surface area contributed by atoms with E-state index in [4.69, 9.17) is 28.9 Å². The maximum Gasteiger partial charge on any atom is 0.244 e. The summed E-state index contributed by atoms with van der Waals surface area (Å²) in [6.07, 6.45) is 0.627. The molecule has 86 valence electrons. The van der Waals surface area contributed by atoms with Gasteiger partial charge in [0.05, 0.1) is 21.8 Å². The highest BCUT2D eigenvalue weighted by molar-refractivity contribution is 9.10. The summed E-state index contributed by atoms with van der Waals surface area (Å²) in [4.78, 5) is 13.3. The Balaban J connectivity index is 2.45. The van der Waals surface area contributed by atoms with Gasteiger partial charge in [-0.25, -0.2) is 0 Å².